The highest BCUT2D eigenvalue weighted by Gasteiger charge is 2.27. The lowest BCUT2D eigenvalue weighted by molar-refractivity contribution is 0.0922. The minimum atomic E-state index is -0.0662. The lowest BCUT2D eigenvalue weighted by atomic mass is 9.81. The first-order valence-corrected chi connectivity index (χ1v) is 8.73. The third-order valence-corrected chi connectivity index (χ3v) is 4.48. The monoisotopic (exact) mass is 370 g/mol. The van der Waals surface area contributed by atoms with Gasteiger partial charge in [-0.3, -0.25) is 4.79 Å². The van der Waals surface area contributed by atoms with Crippen LogP contribution < -0.4 is 20.1 Å². The van der Waals surface area contributed by atoms with E-state index in [1.807, 2.05) is 6.07 Å². The van der Waals surface area contributed by atoms with Crippen LogP contribution in [0.3, 0.4) is 0 Å². The van der Waals surface area contributed by atoms with Crippen LogP contribution in [0.4, 0.5) is 0 Å². The third kappa shape index (κ3) is 6.40. The number of methoxy groups -OCH3 is 1. The molecule has 0 bridgehead atoms. The van der Waals surface area contributed by atoms with Crippen molar-refractivity contribution in [1.29, 1.82) is 0 Å². The first-order valence-electron chi connectivity index (χ1n) is 8.73. The van der Waals surface area contributed by atoms with Crippen LogP contribution in [-0.4, -0.2) is 39.3 Å². The zero-order chi connectivity index (χ0) is 17.6. The first-order chi connectivity index (χ1) is 11.4. The summed E-state index contributed by atoms with van der Waals surface area (Å²) in [7, 11) is 1.59. The minimum Gasteiger partial charge on any atom is -0.493 e. The van der Waals surface area contributed by atoms with E-state index >= 15 is 0 Å². The zero-order valence-corrected chi connectivity index (χ0v) is 16.5. The standard InChI is InChI=1S/C19H30N2O3.ClH/c1-14(2)12-24-16-6-5-15(11-17(16)23-4)18(22)21-13-19(3)7-9-20-10-8-19;/h5-6,11,14,20H,7-10,12-13H2,1-4H3,(H,21,22);1H. The van der Waals surface area contributed by atoms with Crippen LogP contribution in [0.2, 0.25) is 0 Å². The summed E-state index contributed by atoms with van der Waals surface area (Å²) < 4.78 is 11.1. The molecule has 1 aromatic carbocycles. The number of carbonyl (C=O) groups is 1. The molecule has 0 aromatic heterocycles. The second kappa shape index (κ2) is 9.88. The normalized spacial score (nSPS) is 16.0. The van der Waals surface area contributed by atoms with E-state index in [0.29, 0.717) is 36.1 Å². The molecule has 2 rings (SSSR count). The maximum atomic E-state index is 12.5. The van der Waals surface area contributed by atoms with Gasteiger partial charge in [0.1, 0.15) is 0 Å². The number of amides is 1. The predicted octanol–water partition coefficient (Wildman–Crippen LogP) is 3.27. The lowest BCUT2D eigenvalue weighted by Crippen LogP contribution is -2.42. The topological polar surface area (TPSA) is 59.6 Å². The lowest BCUT2D eigenvalue weighted by Gasteiger charge is -2.34. The molecule has 1 saturated heterocycles. The van der Waals surface area contributed by atoms with Crippen molar-refractivity contribution in [2.45, 2.75) is 33.6 Å². The van der Waals surface area contributed by atoms with E-state index in [0.717, 1.165) is 25.9 Å². The predicted molar refractivity (Wildman–Crippen MR) is 103 cm³/mol. The molecule has 0 radical (unpaired) electrons. The van der Waals surface area contributed by atoms with Crippen LogP contribution >= 0.6 is 12.4 Å². The van der Waals surface area contributed by atoms with Gasteiger partial charge in [-0.1, -0.05) is 20.8 Å². The van der Waals surface area contributed by atoms with Crippen molar-refractivity contribution >= 4 is 18.3 Å². The Morgan fingerprint density at radius 2 is 1.96 bits per heavy atom. The third-order valence-electron chi connectivity index (χ3n) is 4.48. The molecule has 25 heavy (non-hydrogen) atoms. The molecule has 1 amide bonds. The maximum Gasteiger partial charge on any atom is 0.251 e. The van der Waals surface area contributed by atoms with Crippen LogP contribution in [0.1, 0.15) is 44.0 Å². The average molecular weight is 371 g/mol. The van der Waals surface area contributed by atoms with Gasteiger partial charge in [0.15, 0.2) is 11.5 Å². The van der Waals surface area contributed by atoms with Crippen molar-refractivity contribution < 1.29 is 14.3 Å². The maximum absolute atomic E-state index is 12.5. The molecule has 1 heterocycles. The number of carbonyl (C=O) groups excluding carboxylic acids is 1. The fourth-order valence-electron chi connectivity index (χ4n) is 2.79. The highest BCUT2D eigenvalue weighted by molar-refractivity contribution is 5.94. The fraction of sp³-hybridized carbons (Fsp3) is 0.632. The number of nitrogens with one attached hydrogen (secondary N) is 2. The molecule has 1 aromatic rings. The Morgan fingerprint density at radius 1 is 1.28 bits per heavy atom. The molecule has 1 aliphatic heterocycles. The second-order valence-electron chi connectivity index (χ2n) is 7.31. The van der Waals surface area contributed by atoms with Crippen LogP contribution in [0.15, 0.2) is 18.2 Å². The van der Waals surface area contributed by atoms with Gasteiger partial charge in [-0.15, -0.1) is 12.4 Å². The van der Waals surface area contributed by atoms with E-state index in [-0.39, 0.29) is 23.7 Å². The first kappa shape index (κ1) is 21.6. The van der Waals surface area contributed by atoms with Crippen molar-refractivity contribution in [3.8, 4) is 11.5 Å². The highest BCUT2D eigenvalue weighted by atomic mass is 35.5. The Hall–Kier alpha value is -1.46. The number of rotatable bonds is 7. The Kier molecular flexibility index (Phi) is 8.53. The molecule has 0 unspecified atom stereocenters. The van der Waals surface area contributed by atoms with Gasteiger partial charge in [-0.05, 0) is 55.5 Å². The van der Waals surface area contributed by atoms with E-state index in [1.165, 1.54) is 0 Å². The molecule has 0 spiro atoms. The molecule has 0 atom stereocenters. The van der Waals surface area contributed by atoms with Crippen LogP contribution in [-0.2, 0) is 0 Å². The SMILES string of the molecule is COc1cc(C(=O)NCC2(C)CCNCC2)ccc1OCC(C)C.Cl. The van der Waals surface area contributed by atoms with E-state index in [9.17, 15) is 4.79 Å². The summed E-state index contributed by atoms with van der Waals surface area (Å²) in [4.78, 5) is 12.5. The number of halogens is 1. The van der Waals surface area contributed by atoms with Gasteiger partial charge in [-0.2, -0.15) is 0 Å². The zero-order valence-electron chi connectivity index (χ0n) is 15.7. The molecule has 1 aliphatic rings. The van der Waals surface area contributed by atoms with Gasteiger partial charge < -0.3 is 20.1 Å². The summed E-state index contributed by atoms with van der Waals surface area (Å²) in [5, 5.41) is 6.42. The number of benzene rings is 1. The van der Waals surface area contributed by atoms with Crippen molar-refractivity contribution in [3.05, 3.63) is 23.8 Å². The van der Waals surface area contributed by atoms with Crippen molar-refractivity contribution in [2.75, 3.05) is 33.4 Å². The molecule has 142 valence electrons. The summed E-state index contributed by atoms with van der Waals surface area (Å²) in [6.07, 6.45) is 2.16. The summed E-state index contributed by atoms with van der Waals surface area (Å²) in [5.41, 5.74) is 0.770. The van der Waals surface area contributed by atoms with Gasteiger partial charge in [0.2, 0.25) is 0 Å². The summed E-state index contributed by atoms with van der Waals surface area (Å²) in [6, 6.07) is 5.34. The fourth-order valence-corrected chi connectivity index (χ4v) is 2.79. The Bertz CT molecular complexity index is 558. The summed E-state index contributed by atoms with van der Waals surface area (Å²) >= 11 is 0. The minimum absolute atomic E-state index is 0. The molecule has 1 fully saturated rings. The highest BCUT2D eigenvalue weighted by Crippen LogP contribution is 2.29. The van der Waals surface area contributed by atoms with Crippen molar-refractivity contribution in [1.82, 2.24) is 10.6 Å². The van der Waals surface area contributed by atoms with Crippen LogP contribution in [0.5, 0.6) is 11.5 Å². The van der Waals surface area contributed by atoms with Crippen LogP contribution in [0.25, 0.3) is 0 Å². The van der Waals surface area contributed by atoms with E-state index in [1.54, 1.807) is 19.2 Å². The van der Waals surface area contributed by atoms with Crippen molar-refractivity contribution in [2.24, 2.45) is 11.3 Å². The Labute approximate surface area is 157 Å². The van der Waals surface area contributed by atoms with Crippen molar-refractivity contribution in [3.63, 3.8) is 0 Å². The number of piperidine rings is 1. The number of hydrogen-bond donors (Lipinski definition) is 2. The van der Waals surface area contributed by atoms with Gasteiger partial charge in [0.05, 0.1) is 13.7 Å². The molecule has 5 nitrogen and oxygen atoms in total. The van der Waals surface area contributed by atoms with E-state index in [4.69, 9.17) is 9.47 Å². The molecular weight excluding hydrogens is 340 g/mol. The van der Waals surface area contributed by atoms with Gasteiger partial charge in [0, 0.05) is 12.1 Å². The van der Waals surface area contributed by atoms with Gasteiger partial charge >= 0.3 is 0 Å². The molecule has 0 aliphatic carbocycles. The molecule has 6 heteroatoms. The number of hydrogen-bond acceptors (Lipinski definition) is 4. The largest absolute Gasteiger partial charge is 0.493 e. The quantitative estimate of drug-likeness (QED) is 0.773. The van der Waals surface area contributed by atoms with Crippen LogP contribution in [0, 0.1) is 11.3 Å². The van der Waals surface area contributed by atoms with E-state index < -0.39 is 0 Å². The smallest absolute Gasteiger partial charge is 0.251 e. The average Bonchev–Trinajstić information content (AvgIpc) is 2.58. The second-order valence-corrected chi connectivity index (χ2v) is 7.31. The summed E-state index contributed by atoms with van der Waals surface area (Å²) in [6.45, 7) is 9.77. The molecular formula is C19H31ClN2O3. The van der Waals surface area contributed by atoms with Gasteiger partial charge in [-0.25, -0.2) is 0 Å². The number of ether oxygens (including phenoxy) is 2. The Balaban J connectivity index is 0.00000312. The molecule has 0 saturated carbocycles. The van der Waals surface area contributed by atoms with Gasteiger partial charge in [0.25, 0.3) is 5.91 Å². The molecule has 2 N–H and O–H groups in total. The summed E-state index contributed by atoms with van der Waals surface area (Å²) in [5.74, 6) is 1.64. The van der Waals surface area contributed by atoms with E-state index in [2.05, 4.69) is 31.4 Å². The Morgan fingerprint density at radius 3 is 2.56 bits per heavy atom.